The van der Waals surface area contributed by atoms with Crippen LogP contribution in [0.25, 0.3) is 0 Å². The lowest BCUT2D eigenvalue weighted by Crippen LogP contribution is -2.46. The summed E-state index contributed by atoms with van der Waals surface area (Å²) in [5.74, 6) is 0.553. The third kappa shape index (κ3) is 4.70. The zero-order valence-electron chi connectivity index (χ0n) is 13.6. The second-order valence-corrected chi connectivity index (χ2v) is 6.74. The van der Waals surface area contributed by atoms with Gasteiger partial charge in [0.05, 0.1) is 0 Å². The molecule has 0 radical (unpaired) electrons. The zero-order chi connectivity index (χ0) is 15.4. The maximum atomic E-state index is 12.5. The van der Waals surface area contributed by atoms with Gasteiger partial charge in [-0.3, -0.25) is 9.59 Å². The van der Waals surface area contributed by atoms with Gasteiger partial charge in [0.25, 0.3) is 0 Å². The van der Waals surface area contributed by atoms with Gasteiger partial charge >= 0.3 is 0 Å². The number of nitrogens with one attached hydrogen (secondary N) is 1. The standard InChI is InChI=1S/C16H29N3O2/c1-12(2)18(3)9-4-5-10-19-11-8-14(20)17-15(16(19)21)13-6-7-13/h12-13,15H,4-11H2,1-3H3,(H,17,20). The number of carbonyl (C=O) groups excluding carboxylic acids is 2. The Labute approximate surface area is 128 Å². The number of hydrogen-bond acceptors (Lipinski definition) is 3. The third-order valence-corrected chi connectivity index (χ3v) is 4.67. The van der Waals surface area contributed by atoms with Crippen LogP contribution in [-0.2, 0) is 9.59 Å². The lowest BCUT2D eigenvalue weighted by Gasteiger charge is -2.25. The summed E-state index contributed by atoms with van der Waals surface area (Å²) in [5.41, 5.74) is 0. The average molecular weight is 295 g/mol. The van der Waals surface area contributed by atoms with Crippen LogP contribution < -0.4 is 5.32 Å². The van der Waals surface area contributed by atoms with Crippen molar-refractivity contribution in [2.75, 3.05) is 26.7 Å². The number of hydrogen-bond donors (Lipinski definition) is 1. The Balaban J connectivity index is 1.78. The first-order chi connectivity index (χ1) is 9.99. The molecule has 2 aliphatic rings. The first-order valence-corrected chi connectivity index (χ1v) is 8.27. The number of unbranched alkanes of at least 4 members (excludes halogenated alkanes) is 1. The molecule has 0 aromatic rings. The molecule has 1 aliphatic heterocycles. The lowest BCUT2D eigenvalue weighted by atomic mass is 10.1. The highest BCUT2D eigenvalue weighted by molar-refractivity contribution is 5.90. The van der Waals surface area contributed by atoms with Crippen molar-refractivity contribution in [3.8, 4) is 0 Å². The summed E-state index contributed by atoms with van der Waals surface area (Å²) >= 11 is 0. The van der Waals surface area contributed by atoms with Crippen LogP contribution in [0, 0.1) is 5.92 Å². The second-order valence-electron chi connectivity index (χ2n) is 6.74. The largest absolute Gasteiger partial charge is 0.344 e. The van der Waals surface area contributed by atoms with E-state index in [-0.39, 0.29) is 17.9 Å². The molecule has 1 N–H and O–H groups in total. The molecule has 21 heavy (non-hydrogen) atoms. The molecule has 120 valence electrons. The minimum absolute atomic E-state index is 0.0299. The molecule has 2 amide bonds. The van der Waals surface area contributed by atoms with Gasteiger partial charge in [-0.05, 0) is 59.0 Å². The van der Waals surface area contributed by atoms with Crippen molar-refractivity contribution in [2.24, 2.45) is 5.92 Å². The van der Waals surface area contributed by atoms with E-state index in [2.05, 4.69) is 31.1 Å². The summed E-state index contributed by atoms with van der Waals surface area (Å²) in [6, 6.07) is 0.309. The van der Waals surface area contributed by atoms with Crippen molar-refractivity contribution < 1.29 is 9.59 Å². The maximum Gasteiger partial charge on any atom is 0.245 e. The molecular weight excluding hydrogens is 266 g/mol. The highest BCUT2D eigenvalue weighted by Gasteiger charge is 2.40. The summed E-state index contributed by atoms with van der Waals surface area (Å²) < 4.78 is 0. The van der Waals surface area contributed by atoms with E-state index < -0.39 is 0 Å². The third-order valence-electron chi connectivity index (χ3n) is 4.67. The molecule has 1 unspecified atom stereocenters. The van der Waals surface area contributed by atoms with Gasteiger partial charge in [-0.1, -0.05) is 0 Å². The fraction of sp³-hybridized carbons (Fsp3) is 0.875. The Bertz CT molecular complexity index is 380. The van der Waals surface area contributed by atoms with E-state index in [4.69, 9.17) is 0 Å². The molecule has 0 aromatic carbocycles. The maximum absolute atomic E-state index is 12.5. The van der Waals surface area contributed by atoms with E-state index in [0.29, 0.717) is 24.9 Å². The summed E-state index contributed by atoms with van der Waals surface area (Å²) in [7, 11) is 2.13. The van der Waals surface area contributed by atoms with Gasteiger partial charge in [-0.25, -0.2) is 0 Å². The monoisotopic (exact) mass is 295 g/mol. The predicted octanol–water partition coefficient (Wildman–Crippen LogP) is 1.23. The van der Waals surface area contributed by atoms with Crippen molar-refractivity contribution in [3.05, 3.63) is 0 Å². The van der Waals surface area contributed by atoms with Gasteiger partial charge < -0.3 is 15.1 Å². The van der Waals surface area contributed by atoms with E-state index in [9.17, 15) is 9.59 Å². The van der Waals surface area contributed by atoms with Gasteiger partial charge in [0, 0.05) is 25.6 Å². The molecule has 1 aliphatic carbocycles. The molecule has 1 heterocycles. The Morgan fingerprint density at radius 2 is 2.00 bits per heavy atom. The molecule has 1 atom stereocenters. The van der Waals surface area contributed by atoms with Gasteiger partial charge in [-0.15, -0.1) is 0 Å². The minimum atomic E-state index is -0.252. The van der Waals surface area contributed by atoms with Crippen LogP contribution in [0.4, 0.5) is 0 Å². The van der Waals surface area contributed by atoms with Crippen LogP contribution in [0.15, 0.2) is 0 Å². The Hall–Kier alpha value is -1.10. The molecule has 0 bridgehead atoms. The SMILES string of the molecule is CC(C)N(C)CCCCN1CCC(=O)NC(C2CC2)C1=O. The van der Waals surface area contributed by atoms with Crippen LogP contribution in [0.5, 0.6) is 0 Å². The van der Waals surface area contributed by atoms with Crippen LogP contribution in [0.2, 0.25) is 0 Å². The first-order valence-electron chi connectivity index (χ1n) is 8.27. The topological polar surface area (TPSA) is 52.6 Å². The molecule has 5 heteroatoms. The average Bonchev–Trinajstić information content (AvgIpc) is 3.26. The number of carbonyl (C=O) groups is 2. The molecule has 2 rings (SSSR count). The van der Waals surface area contributed by atoms with Gasteiger partial charge in [0.2, 0.25) is 11.8 Å². The zero-order valence-corrected chi connectivity index (χ0v) is 13.6. The lowest BCUT2D eigenvalue weighted by molar-refractivity contribution is -0.134. The van der Waals surface area contributed by atoms with E-state index in [1.807, 2.05) is 4.90 Å². The number of nitrogens with zero attached hydrogens (tertiary/aromatic N) is 2. The molecule has 5 nitrogen and oxygen atoms in total. The van der Waals surface area contributed by atoms with Crippen molar-refractivity contribution in [3.63, 3.8) is 0 Å². The highest BCUT2D eigenvalue weighted by Crippen LogP contribution is 2.34. The highest BCUT2D eigenvalue weighted by atomic mass is 16.2. The normalized spacial score (nSPS) is 23.7. The van der Waals surface area contributed by atoms with Gasteiger partial charge in [0.15, 0.2) is 0 Å². The quantitative estimate of drug-likeness (QED) is 0.719. The van der Waals surface area contributed by atoms with Crippen LogP contribution in [-0.4, -0.2) is 60.4 Å². The molecule has 0 spiro atoms. The van der Waals surface area contributed by atoms with E-state index in [1.165, 1.54) is 0 Å². The van der Waals surface area contributed by atoms with E-state index in [1.54, 1.807) is 0 Å². The summed E-state index contributed by atoms with van der Waals surface area (Å²) in [6.45, 7) is 6.80. The smallest absolute Gasteiger partial charge is 0.245 e. The van der Waals surface area contributed by atoms with Crippen molar-refractivity contribution in [2.45, 2.75) is 58.0 Å². The van der Waals surface area contributed by atoms with Crippen LogP contribution in [0.1, 0.15) is 46.0 Å². The molecular formula is C16H29N3O2. The fourth-order valence-electron chi connectivity index (χ4n) is 2.74. The fourth-order valence-corrected chi connectivity index (χ4v) is 2.74. The van der Waals surface area contributed by atoms with Crippen LogP contribution >= 0.6 is 0 Å². The van der Waals surface area contributed by atoms with E-state index in [0.717, 1.165) is 38.8 Å². The van der Waals surface area contributed by atoms with E-state index >= 15 is 0 Å². The molecule has 0 aromatic heterocycles. The van der Waals surface area contributed by atoms with Crippen molar-refractivity contribution in [1.29, 1.82) is 0 Å². The number of rotatable bonds is 7. The molecule has 2 fully saturated rings. The van der Waals surface area contributed by atoms with Gasteiger partial charge in [0.1, 0.15) is 6.04 Å². The number of amides is 2. The first kappa shape index (κ1) is 16.3. The summed E-state index contributed by atoms with van der Waals surface area (Å²) in [5, 5.41) is 2.91. The minimum Gasteiger partial charge on any atom is -0.344 e. The van der Waals surface area contributed by atoms with Crippen molar-refractivity contribution in [1.82, 2.24) is 15.1 Å². The Morgan fingerprint density at radius 1 is 1.29 bits per heavy atom. The molecule has 1 saturated heterocycles. The van der Waals surface area contributed by atoms with Crippen LogP contribution in [0.3, 0.4) is 0 Å². The Morgan fingerprint density at radius 3 is 2.62 bits per heavy atom. The summed E-state index contributed by atoms with van der Waals surface area (Å²) in [6.07, 6.45) is 4.69. The second kappa shape index (κ2) is 7.25. The van der Waals surface area contributed by atoms with Gasteiger partial charge in [-0.2, -0.15) is 0 Å². The summed E-state index contributed by atoms with van der Waals surface area (Å²) in [4.78, 5) is 28.4. The molecule has 1 saturated carbocycles. The predicted molar refractivity (Wildman–Crippen MR) is 82.9 cm³/mol. The van der Waals surface area contributed by atoms with Crippen molar-refractivity contribution >= 4 is 11.8 Å². The Kier molecular flexibility index (Phi) is 5.62.